The van der Waals surface area contributed by atoms with Crippen LogP contribution < -0.4 is 4.74 Å². The molecule has 1 aliphatic rings. The average Bonchev–Trinajstić information content (AvgIpc) is 3.03. The molecular formula is C18H21ClN2O3. The van der Waals surface area contributed by atoms with Gasteiger partial charge in [0, 0.05) is 43.3 Å². The van der Waals surface area contributed by atoms with Gasteiger partial charge in [0.05, 0.1) is 7.11 Å². The molecular weight excluding hydrogens is 328 g/mol. The Bertz CT molecular complexity index is 721. The summed E-state index contributed by atoms with van der Waals surface area (Å²) in [5.74, 6) is 1.94. The molecule has 6 heteroatoms. The minimum Gasteiger partial charge on any atom is -0.496 e. The van der Waals surface area contributed by atoms with Gasteiger partial charge in [-0.1, -0.05) is 17.7 Å². The second-order valence-corrected chi connectivity index (χ2v) is 6.37. The lowest BCUT2D eigenvalue weighted by Gasteiger charge is -2.34. The largest absolute Gasteiger partial charge is 0.496 e. The van der Waals surface area contributed by atoms with Crippen LogP contribution in [0.25, 0.3) is 0 Å². The Kier molecular flexibility index (Phi) is 5.11. The molecule has 0 N–H and O–H groups in total. The Morgan fingerprint density at radius 3 is 2.58 bits per heavy atom. The minimum absolute atomic E-state index is 0.0353. The van der Waals surface area contributed by atoms with E-state index in [2.05, 4.69) is 4.90 Å². The molecule has 5 nitrogen and oxygen atoms in total. The first kappa shape index (κ1) is 16.9. The van der Waals surface area contributed by atoms with Crippen molar-refractivity contribution in [3.63, 3.8) is 0 Å². The summed E-state index contributed by atoms with van der Waals surface area (Å²) in [6.45, 7) is 5.63. The number of carbonyl (C=O) groups is 1. The first-order chi connectivity index (χ1) is 11.6. The van der Waals surface area contributed by atoms with Gasteiger partial charge < -0.3 is 14.1 Å². The van der Waals surface area contributed by atoms with Crippen molar-refractivity contribution < 1.29 is 13.9 Å². The topological polar surface area (TPSA) is 45.9 Å². The molecule has 24 heavy (non-hydrogen) atoms. The molecule has 0 unspecified atom stereocenters. The summed E-state index contributed by atoms with van der Waals surface area (Å²) >= 11 is 6.01. The Hall–Kier alpha value is -1.98. The molecule has 1 fully saturated rings. The van der Waals surface area contributed by atoms with Crippen molar-refractivity contribution in [1.82, 2.24) is 9.80 Å². The third kappa shape index (κ3) is 3.74. The molecule has 1 aromatic carbocycles. The van der Waals surface area contributed by atoms with Crippen LogP contribution in [0.1, 0.15) is 21.9 Å². The minimum atomic E-state index is -0.0353. The van der Waals surface area contributed by atoms with Gasteiger partial charge in [0.1, 0.15) is 11.5 Å². The number of nitrogens with zero attached hydrogens (tertiary/aromatic N) is 2. The van der Waals surface area contributed by atoms with E-state index in [9.17, 15) is 4.79 Å². The van der Waals surface area contributed by atoms with Crippen LogP contribution in [0.5, 0.6) is 5.75 Å². The average molecular weight is 349 g/mol. The number of methoxy groups -OCH3 is 1. The number of carbonyl (C=O) groups excluding carboxylic acids is 1. The van der Waals surface area contributed by atoms with Gasteiger partial charge in [-0.15, -0.1) is 0 Å². The molecule has 1 amide bonds. The summed E-state index contributed by atoms with van der Waals surface area (Å²) in [5, 5.41) is 0.666. The summed E-state index contributed by atoms with van der Waals surface area (Å²) in [5.41, 5.74) is 1.10. The van der Waals surface area contributed by atoms with Crippen LogP contribution in [-0.2, 0) is 6.54 Å². The highest BCUT2D eigenvalue weighted by molar-refractivity contribution is 6.30. The number of halogens is 1. The number of amides is 1. The molecule has 2 heterocycles. The van der Waals surface area contributed by atoms with Crippen molar-refractivity contribution in [3.05, 3.63) is 52.4 Å². The van der Waals surface area contributed by atoms with E-state index in [-0.39, 0.29) is 5.91 Å². The van der Waals surface area contributed by atoms with E-state index in [0.29, 0.717) is 23.9 Å². The molecule has 1 aliphatic heterocycles. The third-order valence-electron chi connectivity index (χ3n) is 4.25. The Balaban J connectivity index is 1.58. The van der Waals surface area contributed by atoms with E-state index >= 15 is 0 Å². The summed E-state index contributed by atoms with van der Waals surface area (Å²) in [6, 6.07) is 9.25. The van der Waals surface area contributed by atoms with Crippen LogP contribution in [0.2, 0.25) is 5.02 Å². The monoisotopic (exact) mass is 348 g/mol. The van der Waals surface area contributed by atoms with E-state index < -0.39 is 0 Å². The maximum atomic E-state index is 12.4. The van der Waals surface area contributed by atoms with Crippen molar-refractivity contribution in [2.75, 3.05) is 33.3 Å². The number of piperazine rings is 1. The van der Waals surface area contributed by atoms with Crippen molar-refractivity contribution in [1.29, 1.82) is 0 Å². The maximum absolute atomic E-state index is 12.4. The number of rotatable bonds is 4. The third-order valence-corrected chi connectivity index (χ3v) is 4.49. The van der Waals surface area contributed by atoms with Gasteiger partial charge in [-0.2, -0.15) is 0 Å². The molecule has 2 aromatic rings. The van der Waals surface area contributed by atoms with Crippen LogP contribution in [-0.4, -0.2) is 49.0 Å². The van der Waals surface area contributed by atoms with E-state index in [1.54, 1.807) is 13.2 Å². The summed E-state index contributed by atoms with van der Waals surface area (Å²) in [4.78, 5) is 16.5. The highest BCUT2D eigenvalue weighted by Gasteiger charge is 2.24. The molecule has 0 spiro atoms. The fraction of sp³-hybridized carbons (Fsp3) is 0.389. The molecule has 3 rings (SSSR count). The molecule has 0 bridgehead atoms. The molecule has 0 aliphatic carbocycles. The smallest absolute Gasteiger partial charge is 0.289 e. The molecule has 128 valence electrons. The SMILES string of the molecule is COc1cc(Cl)ccc1CN1CCN(C(=O)c2ccc(C)o2)CC1. The number of furan rings is 1. The zero-order chi connectivity index (χ0) is 17.1. The molecule has 0 atom stereocenters. The maximum Gasteiger partial charge on any atom is 0.289 e. The lowest BCUT2D eigenvalue weighted by atomic mass is 10.1. The van der Waals surface area contributed by atoms with Crippen molar-refractivity contribution in [2.45, 2.75) is 13.5 Å². The van der Waals surface area contributed by atoms with Crippen LogP contribution in [0.3, 0.4) is 0 Å². The van der Waals surface area contributed by atoms with Crippen LogP contribution >= 0.6 is 11.6 Å². The van der Waals surface area contributed by atoms with Crippen LogP contribution in [0.4, 0.5) is 0 Å². The molecule has 1 aromatic heterocycles. The lowest BCUT2D eigenvalue weighted by Crippen LogP contribution is -2.48. The van der Waals surface area contributed by atoms with Gasteiger partial charge in [-0.25, -0.2) is 0 Å². The van der Waals surface area contributed by atoms with Crippen LogP contribution in [0.15, 0.2) is 34.7 Å². The van der Waals surface area contributed by atoms with E-state index in [1.807, 2.05) is 36.1 Å². The number of benzene rings is 1. The molecule has 0 saturated carbocycles. The summed E-state index contributed by atoms with van der Waals surface area (Å²) in [7, 11) is 1.65. The number of hydrogen-bond donors (Lipinski definition) is 0. The zero-order valence-electron chi connectivity index (χ0n) is 13.9. The molecule has 0 radical (unpaired) electrons. The van der Waals surface area contributed by atoms with E-state index in [0.717, 1.165) is 36.7 Å². The fourth-order valence-electron chi connectivity index (χ4n) is 2.90. The van der Waals surface area contributed by atoms with Gasteiger partial charge in [0.25, 0.3) is 5.91 Å². The van der Waals surface area contributed by atoms with Gasteiger partial charge >= 0.3 is 0 Å². The normalized spacial score (nSPS) is 15.5. The highest BCUT2D eigenvalue weighted by Crippen LogP contribution is 2.25. The zero-order valence-corrected chi connectivity index (χ0v) is 14.7. The Morgan fingerprint density at radius 1 is 1.21 bits per heavy atom. The lowest BCUT2D eigenvalue weighted by molar-refractivity contribution is 0.0595. The fourth-order valence-corrected chi connectivity index (χ4v) is 3.07. The standard InChI is InChI=1S/C18H21ClN2O3/c1-13-3-6-16(24-13)18(22)21-9-7-20(8-10-21)12-14-4-5-15(19)11-17(14)23-2/h3-6,11H,7-10,12H2,1-2H3. The van der Waals surface area contributed by atoms with Gasteiger partial charge in [-0.05, 0) is 31.2 Å². The number of hydrogen-bond acceptors (Lipinski definition) is 4. The van der Waals surface area contributed by atoms with Crippen molar-refractivity contribution in [2.24, 2.45) is 0 Å². The summed E-state index contributed by atoms with van der Waals surface area (Å²) < 4.78 is 10.8. The quantitative estimate of drug-likeness (QED) is 0.851. The van der Waals surface area contributed by atoms with Gasteiger partial charge in [0.2, 0.25) is 0 Å². The van der Waals surface area contributed by atoms with Gasteiger partial charge in [0.15, 0.2) is 5.76 Å². The first-order valence-corrected chi connectivity index (χ1v) is 8.35. The second-order valence-electron chi connectivity index (χ2n) is 5.93. The Morgan fingerprint density at radius 2 is 1.96 bits per heavy atom. The molecule has 1 saturated heterocycles. The second kappa shape index (κ2) is 7.28. The van der Waals surface area contributed by atoms with Gasteiger partial charge in [-0.3, -0.25) is 9.69 Å². The predicted molar refractivity (Wildman–Crippen MR) is 92.6 cm³/mol. The highest BCUT2D eigenvalue weighted by atomic mass is 35.5. The first-order valence-electron chi connectivity index (χ1n) is 7.97. The van der Waals surface area contributed by atoms with E-state index in [1.165, 1.54) is 0 Å². The van der Waals surface area contributed by atoms with Crippen LogP contribution in [0, 0.1) is 6.92 Å². The number of aryl methyl sites for hydroxylation is 1. The number of ether oxygens (including phenoxy) is 1. The van der Waals surface area contributed by atoms with E-state index in [4.69, 9.17) is 20.8 Å². The Labute approximate surface area is 146 Å². The predicted octanol–water partition coefficient (Wildman–Crippen LogP) is 3.21. The van der Waals surface area contributed by atoms with Crippen molar-refractivity contribution in [3.8, 4) is 5.75 Å². The summed E-state index contributed by atoms with van der Waals surface area (Å²) in [6.07, 6.45) is 0. The van der Waals surface area contributed by atoms with Crippen molar-refractivity contribution >= 4 is 17.5 Å².